The van der Waals surface area contributed by atoms with Crippen molar-refractivity contribution in [2.75, 3.05) is 37.8 Å². The zero-order chi connectivity index (χ0) is 18.1. The van der Waals surface area contributed by atoms with E-state index in [-0.39, 0.29) is 24.3 Å². The number of hydrogen-bond acceptors (Lipinski definition) is 5. The Bertz CT molecular complexity index is 746. The second-order valence-electron chi connectivity index (χ2n) is 6.91. The quantitative estimate of drug-likeness (QED) is 0.823. The van der Waals surface area contributed by atoms with Crippen LogP contribution < -0.4 is 10.1 Å². The van der Waals surface area contributed by atoms with E-state index in [1.54, 1.807) is 15.9 Å². The Kier molecular flexibility index (Phi) is 4.52. The number of para-hydroxylation sites is 1. The number of thioether (sulfide) groups is 1. The van der Waals surface area contributed by atoms with Crippen molar-refractivity contribution in [3.63, 3.8) is 0 Å². The van der Waals surface area contributed by atoms with Gasteiger partial charge in [0.15, 0.2) is 0 Å². The normalized spacial score (nSPS) is 21.8. The predicted octanol–water partition coefficient (Wildman–Crippen LogP) is 0.703. The highest BCUT2D eigenvalue weighted by molar-refractivity contribution is 8.00. The Morgan fingerprint density at radius 3 is 2.73 bits per heavy atom. The van der Waals surface area contributed by atoms with Crippen molar-refractivity contribution in [3.05, 3.63) is 29.8 Å². The van der Waals surface area contributed by atoms with Gasteiger partial charge in [-0.2, -0.15) is 0 Å². The number of fused-ring (bicyclic) bond motifs is 1. The summed E-state index contributed by atoms with van der Waals surface area (Å²) in [5.41, 5.74) is 0.0613. The molecule has 0 radical (unpaired) electrons. The summed E-state index contributed by atoms with van der Waals surface area (Å²) in [5.74, 6) is 1.54. The fourth-order valence-electron chi connectivity index (χ4n) is 3.60. The molecule has 2 fully saturated rings. The van der Waals surface area contributed by atoms with Crippen molar-refractivity contribution >= 4 is 29.5 Å². The van der Waals surface area contributed by atoms with Gasteiger partial charge in [0.05, 0.1) is 23.7 Å². The molecule has 2 saturated heterocycles. The van der Waals surface area contributed by atoms with Crippen LogP contribution in [0.1, 0.15) is 23.2 Å². The summed E-state index contributed by atoms with van der Waals surface area (Å²) < 4.78 is 6.25. The monoisotopic (exact) mass is 375 g/mol. The molecule has 0 atom stereocenters. The van der Waals surface area contributed by atoms with Gasteiger partial charge < -0.3 is 19.9 Å². The second kappa shape index (κ2) is 6.83. The molecular formula is C18H21N3O4S. The van der Waals surface area contributed by atoms with Crippen LogP contribution in [0.4, 0.5) is 0 Å². The van der Waals surface area contributed by atoms with Crippen molar-refractivity contribution in [2.24, 2.45) is 0 Å². The molecule has 1 aromatic carbocycles. The van der Waals surface area contributed by atoms with Crippen molar-refractivity contribution in [1.82, 2.24) is 15.1 Å². The number of amides is 3. The summed E-state index contributed by atoms with van der Waals surface area (Å²) in [6.45, 7) is 1.71. The van der Waals surface area contributed by atoms with Gasteiger partial charge in [0, 0.05) is 25.9 Å². The molecule has 3 heterocycles. The van der Waals surface area contributed by atoms with Crippen LogP contribution in [0.2, 0.25) is 0 Å². The Morgan fingerprint density at radius 1 is 1.23 bits per heavy atom. The lowest BCUT2D eigenvalue weighted by atomic mass is 9.91. The highest BCUT2D eigenvalue weighted by Crippen LogP contribution is 2.33. The van der Waals surface area contributed by atoms with Gasteiger partial charge in [-0.15, -0.1) is 11.8 Å². The fourth-order valence-corrected chi connectivity index (χ4v) is 4.50. The van der Waals surface area contributed by atoms with E-state index in [0.29, 0.717) is 55.4 Å². The van der Waals surface area contributed by atoms with Gasteiger partial charge in [0.2, 0.25) is 11.8 Å². The molecule has 0 aliphatic carbocycles. The summed E-state index contributed by atoms with van der Waals surface area (Å²) in [6.07, 6.45) is 1.30. The summed E-state index contributed by atoms with van der Waals surface area (Å²) in [7, 11) is 0. The predicted molar refractivity (Wildman–Crippen MR) is 97.0 cm³/mol. The number of likely N-dealkylation sites (tertiary alicyclic amines) is 1. The molecule has 0 aromatic heterocycles. The topological polar surface area (TPSA) is 79.0 Å². The summed E-state index contributed by atoms with van der Waals surface area (Å²) in [5, 5.41) is 2.95. The zero-order valence-electron chi connectivity index (χ0n) is 14.4. The van der Waals surface area contributed by atoms with Crippen LogP contribution in [-0.2, 0) is 9.59 Å². The Labute approximate surface area is 156 Å². The van der Waals surface area contributed by atoms with E-state index in [1.165, 1.54) is 11.8 Å². The number of hydrogen-bond donors (Lipinski definition) is 1. The Morgan fingerprint density at radius 2 is 2.00 bits per heavy atom. The molecule has 0 bridgehead atoms. The van der Waals surface area contributed by atoms with Crippen LogP contribution in [-0.4, -0.2) is 70.9 Å². The average molecular weight is 375 g/mol. The van der Waals surface area contributed by atoms with Crippen LogP contribution in [0.25, 0.3) is 0 Å². The number of carbonyl (C=O) groups is 3. The number of rotatable bonds is 2. The molecule has 1 aromatic rings. The highest BCUT2D eigenvalue weighted by atomic mass is 32.2. The minimum absolute atomic E-state index is 0.0197. The maximum Gasteiger partial charge on any atom is 0.255 e. The molecule has 3 amide bonds. The second-order valence-corrected chi connectivity index (χ2v) is 7.87. The molecule has 3 aliphatic rings. The zero-order valence-corrected chi connectivity index (χ0v) is 15.2. The number of nitrogens with one attached hydrogen (secondary N) is 1. The molecule has 4 rings (SSSR count). The van der Waals surface area contributed by atoms with E-state index in [0.717, 1.165) is 0 Å². The highest BCUT2D eigenvalue weighted by Gasteiger charge is 2.41. The third kappa shape index (κ3) is 3.25. The largest absolute Gasteiger partial charge is 0.484 e. The molecule has 1 spiro atoms. The fraction of sp³-hybridized carbons (Fsp3) is 0.500. The van der Waals surface area contributed by atoms with Crippen molar-refractivity contribution < 1.29 is 19.1 Å². The summed E-state index contributed by atoms with van der Waals surface area (Å²) >= 11 is 1.54. The smallest absolute Gasteiger partial charge is 0.255 e. The van der Waals surface area contributed by atoms with Crippen molar-refractivity contribution in [1.29, 1.82) is 0 Å². The van der Waals surface area contributed by atoms with Crippen LogP contribution in [0.3, 0.4) is 0 Å². The molecule has 26 heavy (non-hydrogen) atoms. The number of nitrogens with zero attached hydrogens (tertiary/aromatic N) is 2. The Balaban J connectivity index is 1.40. The summed E-state index contributed by atoms with van der Waals surface area (Å²) in [4.78, 5) is 39.8. The molecule has 7 nitrogen and oxygen atoms in total. The van der Waals surface area contributed by atoms with Gasteiger partial charge in [-0.05, 0) is 12.1 Å². The first-order valence-electron chi connectivity index (χ1n) is 8.76. The van der Waals surface area contributed by atoms with E-state index in [2.05, 4.69) is 5.32 Å². The van der Waals surface area contributed by atoms with Gasteiger partial charge in [-0.1, -0.05) is 12.1 Å². The summed E-state index contributed by atoms with van der Waals surface area (Å²) in [6, 6.07) is 7.25. The van der Waals surface area contributed by atoms with Crippen LogP contribution in [0.15, 0.2) is 24.3 Å². The number of carbonyl (C=O) groups excluding carboxylic acids is 3. The molecule has 138 valence electrons. The van der Waals surface area contributed by atoms with E-state index in [9.17, 15) is 14.4 Å². The third-order valence-corrected chi connectivity index (χ3v) is 6.15. The number of benzene rings is 1. The van der Waals surface area contributed by atoms with Crippen molar-refractivity contribution in [2.45, 2.75) is 18.4 Å². The Hall–Kier alpha value is -2.22. The van der Waals surface area contributed by atoms with E-state index < -0.39 is 5.60 Å². The first-order chi connectivity index (χ1) is 12.6. The molecule has 0 saturated carbocycles. The van der Waals surface area contributed by atoms with E-state index in [4.69, 9.17) is 4.74 Å². The maximum absolute atomic E-state index is 12.5. The minimum Gasteiger partial charge on any atom is -0.484 e. The molecule has 1 N–H and O–H groups in total. The SMILES string of the molecule is O=C1NCC2(CCN(C(=O)CN3CSCC3=O)CC2)Oc2ccccc21. The standard InChI is InChI=1S/C18H21N3O4S/c22-15(9-21-12-26-10-16(21)23)20-7-5-18(6-8-20)11-19-17(24)13-3-1-2-4-14(13)25-18/h1-4H,5-12H2,(H,19,24). The lowest BCUT2D eigenvalue weighted by Crippen LogP contribution is -2.55. The van der Waals surface area contributed by atoms with E-state index in [1.807, 2.05) is 18.2 Å². The maximum atomic E-state index is 12.5. The molecule has 3 aliphatic heterocycles. The molecule has 8 heteroatoms. The van der Waals surface area contributed by atoms with Gasteiger partial charge in [0.1, 0.15) is 17.9 Å². The lowest BCUT2D eigenvalue weighted by molar-refractivity contribution is -0.140. The first-order valence-corrected chi connectivity index (χ1v) is 9.91. The van der Waals surface area contributed by atoms with Gasteiger partial charge in [-0.25, -0.2) is 0 Å². The number of ether oxygens (including phenoxy) is 1. The van der Waals surface area contributed by atoms with Crippen molar-refractivity contribution in [3.8, 4) is 5.75 Å². The van der Waals surface area contributed by atoms with Gasteiger partial charge in [0.25, 0.3) is 5.91 Å². The van der Waals surface area contributed by atoms with Gasteiger partial charge >= 0.3 is 0 Å². The van der Waals surface area contributed by atoms with E-state index >= 15 is 0 Å². The number of piperidine rings is 1. The average Bonchev–Trinajstić information content (AvgIpc) is 2.99. The molecular weight excluding hydrogens is 354 g/mol. The lowest BCUT2D eigenvalue weighted by Gasteiger charge is -2.41. The van der Waals surface area contributed by atoms with Gasteiger partial charge in [-0.3, -0.25) is 14.4 Å². The van der Waals surface area contributed by atoms with Crippen LogP contribution >= 0.6 is 11.8 Å². The minimum atomic E-state index is -0.488. The van der Waals surface area contributed by atoms with Crippen LogP contribution in [0.5, 0.6) is 5.75 Å². The molecule has 0 unspecified atom stereocenters. The van der Waals surface area contributed by atoms with Crippen LogP contribution in [0, 0.1) is 0 Å². The first kappa shape index (κ1) is 17.2. The third-order valence-electron chi connectivity index (χ3n) is 5.21.